The highest BCUT2D eigenvalue weighted by Crippen LogP contribution is 2.30. The minimum Gasteiger partial charge on any atom is -0.403 e. The van der Waals surface area contributed by atoms with E-state index in [1.54, 1.807) is 0 Å². The van der Waals surface area contributed by atoms with E-state index in [9.17, 15) is 15.3 Å². The van der Waals surface area contributed by atoms with Crippen molar-refractivity contribution in [3.8, 4) is 0 Å². The zero-order valence-electron chi connectivity index (χ0n) is 28.4. The van der Waals surface area contributed by atoms with Gasteiger partial charge in [-0.2, -0.15) is 447 Å². The number of hydrogen-bond acceptors (Lipinski definition) is 6. The normalized spacial score (nSPS) is 10.4. The third-order valence-corrected chi connectivity index (χ3v) is 57.6. The summed E-state index contributed by atoms with van der Waals surface area (Å²) in [6.07, 6.45) is 0. The summed E-state index contributed by atoms with van der Waals surface area (Å²) in [4.78, 5) is 0. The predicted molar refractivity (Wildman–Crippen MR) is 462 cm³/mol. The molecular formula is C6H17B24I20N3O3. The summed E-state index contributed by atoms with van der Waals surface area (Å²) >= 11 is 52.4. The number of halogens is 20. The molecule has 5 N–H and O–H groups in total. The van der Waals surface area contributed by atoms with Crippen LogP contribution in [0.25, 0.3) is 0 Å². The molecule has 0 aromatic heterocycles. The quantitative estimate of drug-likeness (QED) is 0.0430. The van der Waals surface area contributed by atoms with E-state index in [1.165, 1.54) is 0 Å². The van der Waals surface area contributed by atoms with Gasteiger partial charge in [-0.1, -0.05) is 0 Å². The second-order valence-corrected chi connectivity index (χ2v) is 39.2. The Labute approximate surface area is 616 Å². The predicted octanol–water partition coefficient (Wildman–Crippen LogP) is 5.85. The van der Waals surface area contributed by atoms with Crippen LogP contribution in [0.3, 0.4) is 0 Å². The maximum atomic E-state index is 10.2. The molecule has 0 aliphatic heterocycles. The van der Waals surface area contributed by atoms with Gasteiger partial charge in [0.2, 0.25) is 0 Å². The number of aliphatic hydroxyl groups excluding tert-OH is 3. The summed E-state index contributed by atoms with van der Waals surface area (Å²) in [5, 5.41) is 41.7. The zero-order chi connectivity index (χ0) is 43.6. The Morgan fingerprint density at radius 1 is 0.357 bits per heavy atom. The van der Waals surface area contributed by atoms with Gasteiger partial charge < -0.3 is 30.5 Å². The average molecular weight is 2980 g/mol. The van der Waals surface area contributed by atoms with Gasteiger partial charge in [-0.25, -0.2) is 0 Å². The number of nitrogens with zero attached hydrogens (tertiary/aromatic N) is 1. The Morgan fingerprint density at radius 2 is 0.607 bits per heavy atom. The van der Waals surface area contributed by atoms with E-state index in [0.29, 0.717) is 89.2 Å². The van der Waals surface area contributed by atoms with E-state index in [-0.39, 0.29) is 41.8 Å². The first-order chi connectivity index (χ1) is 26.1. The van der Waals surface area contributed by atoms with Crippen LogP contribution in [-0.4, -0.2) is 176 Å². The standard InChI is InChI=1S/C6H17B24I20N3O3/c31-7-11(33)15(37)21(43)25(47)29(51-1-4-54)27(49)23(45)19(41)17(39)13(35)9-53(3-6-56)10-14(36)18(40)20(42)24(46)28(50)30(52-2-5-55)26(48)22(44)16(38)12(34)8-32/h51-52,54-56H,1-6H2. The summed E-state index contributed by atoms with van der Waals surface area (Å²) in [7, 11) is 4.67. The van der Waals surface area contributed by atoms with Crippen LogP contribution in [0.2, 0.25) is 0 Å². The van der Waals surface area contributed by atoms with E-state index in [4.69, 9.17) is 0 Å². The lowest BCUT2D eigenvalue weighted by atomic mass is 8.82. The lowest BCUT2D eigenvalue weighted by molar-refractivity contribution is 0.284. The average Bonchev–Trinajstić information content (AvgIpc) is 3.19. The lowest BCUT2D eigenvalue weighted by Gasteiger charge is -2.31. The van der Waals surface area contributed by atoms with Crippen molar-refractivity contribution >= 4 is 564 Å². The second kappa shape index (κ2) is 41.9. The van der Waals surface area contributed by atoms with Crippen LogP contribution in [0.4, 0.5) is 0 Å². The van der Waals surface area contributed by atoms with E-state index in [0.717, 1.165) is 0 Å². The molecule has 6 nitrogen and oxygen atoms in total. The number of nitrogens with one attached hydrogen (secondary N) is 2. The molecule has 4 radical (unpaired) electrons. The maximum Gasteiger partial charge on any atom is 0.174 e. The van der Waals surface area contributed by atoms with Crippen molar-refractivity contribution in [2.75, 3.05) is 39.5 Å². The van der Waals surface area contributed by atoms with Crippen molar-refractivity contribution in [2.45, 2.75) is 0 Å². The third kappa shape index (κ3) is 27.0. The van der Waals surface area contributed by atoms with Gasteiger partial charge in [0.25, 0.3) is 0 Å². The van der Waals surface area contributed by atoms with Crippen LogP contribution in [0.1, 0.15) is 0 Å². The molecule has 56 heavy (non-hydrogen) atoms. The van der Waals surface area contributed by atoms with Gasteiger partial charge in [-0.3, -0.25) is 0 Å². The Bertz CT molecular complexity index is 966. The number of aliphatic hydroxyl groups is 3. The minimum atomic E-state index is 0.101. The van der Waals surface area contributed by atoms with Crippen molar-refractivity contribution in [3.63, 3.8) is 0 Å². The first-order valence-electron chi connectivity index (χ1n) is 16.3. The molecule has 0 aliphatic carbocycles. The monoisotopic (exact) mass is 2980 g/mol. The van der Waals surface area contributed by atoms with Crippen molar-refractivity contribution in [3.05, 3.63) is 0 Å². The molecule has 0 amide bonds. The van der Waals surface area contributed by atoms with Crippen LogP contribution in [0, 0.1) is 0 Å². The molecule has 0 atom stereocenters. The highest BCUT2D eigenvalue weighted by molar-refractivity contribution is 14.2. The summed E-state index contributed by atoms with van der Waals surface area (Å²) < 4.78 is 9.66. The lowest BCUT2D eigenvalue weighted by Crippen LogP contribution is -2.69. The third-order valence-electron chi connectivity index (χ3n) is 7.88. The number of rotatable bonds is 32. The molecule has 0 bridgehead atoms. The Hall–Kier alpha value is 15.9. The summed E-state index contributed by atoms with van der Waals surface area (Å²) in [6.45, 7) is 2.68. The van der Waals surface area contributed by atoms with E-state index < -0.39 is 0 Å². The summed E-state index contributed by atoms with van der Waals surface area (Å²) in [6, 6.07) is 0. The maximum absolute atomic E-state index is 10.2. The molecule has 286 valence electrons. The van der Waals surface area contributed by atoms with Gasteiger partial charge in [0.1, 0.15) is 0 Å². The molecule has 0 heterocycles. The second-order valence-electron chi connectivity index (χ2n) is 11.9. The molecule has 0 rings (SSSR count). The molecule has 0 saturated heterocycles. The van der Waals surface area contributed by atoms with Crippen LogP contribution in [0.15, 0.2) is 0 Å². The van der Waals surface area contributed by atoms with Crippen LogP contribution >= 0.6 is 447 Å². The smallest absolute Gasteiger partial charge is 0.174 e. The van der Waals surface area contributed by atoms with Gasteiger partial charge in [-0.05, 0) is 6.54 Å². The van der Waals surface area contributed by atoms with Crippen LogP contribution in [-0.2, 0) is 0 Å². The van der Waals surface area contributed by atoms with E-state index in [2.05, 4.69) is 487 Å². The fraction of sp³-hybridized carbons (Fsp3) is 1.00. The van der Waals surface area contributed by atoms with Gasteiger partial charge in [-0.15, -0.1) is 0 Å². The molecule has 0 aliphatic rings. The van der Waals surface area contributed by atoms with Crippen molar-refractivity contribution in [1.29, 1.82) is 0 Å². The van der Waals surface area contributed by atoms with Gasteiger partial charge in [0.15, 0.2) is 116 Å². The van der Waals surface area contributed by atoms with Crippen LogP contribution < -0.4 is 10.5 Å². The highest BCUT2D eigenvalue weighted by atomic mass is 127. The molecule has 0 unspecified atom stereocenters. The molecule has 50 heteroatoms. The molecule has 0 aromatic rings. The van der Waals surface area contributed by atoms with Crippen molar-refractivity contribution in [2.24, 2.45) is 0 Å². The van der Waals surface area contributed by atoms with Gasteiger partial charge >= 0.3 is 0 Å². The first kappa shape index (κ1) is 71.9. The van der Waals surface area contributed by atoms with Crippen molar-refractivity contribution < 1.29 is 15.3 Å². The molecular weight excluding hydrogens is 2960 g/mol. The number of hydrogen-bond donors (Lipinski definition) is 5. The molecule has 0 spiro atoms. The van der Waals surface area contributed by atoms with E-state index in [1.807, 2.05) is 0 Å². The fourth-order valence-corrected chi connectivity index (χ4v) is 32.0. The Morgan fingerprint density at radius 3 is 0.857 bits per heavy atom. The Balaban J connectivity index is 5.86. The largest absolute Gasteiger partial charge is 0.403 e. The van der Waals surface area contributed by atoms with Crippen LogP contribution in [0.5, 0.6) is 0 Å². The fourth-order valence-electron chi connectivity index (χ4n) is 4.80. The molecule has 0 fully saturated rings. The first-order valence-corrected chi connectivity index (χ1v) is 41.2. The summed E-state index contributed by atoms with van der Waals surface area (Å²) in [5.74, 6) is 0. The molecule has 0 aromatic carbocycles. The van der Waals surface area contributed by atoms with E-state index >= 15 is 0 Å². The molecule has 0 saturated carbocycles. The highest BCUT2D eigenvalue weighted by Gasteiger charge is 2.54. The zero-order valence-corrected chi connectivity index (χ0v) is 71.6. The minimum absolute atomic E-state index is 0.101. The topological polar surface area (TPSA) is 88.0 Å². The van der Waals surface area contributed by atoms with Crippen molar-refractivity contribution in [1.82, 2.24) is 15.2 Å². The Kier molecular flexibility index (Phi) is 53.9. The summed E-state index contributed by atoms with van der Waals surface area (Å²) in [5.41, 5.74) is 0. The van der Waals surface area contributed by atoms with Gasteiger partial charge in [0.05, 0.1) is 19.8 Å². The van der Waals surface area contributed by atoms with Gasteiger partial charge in [0, 0.05) is 13.1 Å². The SMILES string of the molecule is OCCNB(B(I)B(I)B(I)B(I)[B]I)B(I)B(I)B(I)B(I)B(I)[B]N([B]B(I)B(I)B(I)B(I)B(I)B(NCCO)B(I)B(I)B(I)B(I)[B]I)CCO.